The normalized spacial score (nSPS) is 10.9. The number of rotatable bonds is 5. The first-order valence-corrected chi connectivity index (χ1v) is 12.1. The number of nitrogen functional groups attached to an aromatic ring is 1. The first-order chi connectivity index (χ1) is 17.7. The number of hydrogen-bond acceptors (Lipinski definition) is 2. The Hall–Kier alpha value is -4.82. The van der Waals surface area contributed by atoms with Crippen LogP contribution >= 0.6 is 0 Å². The maximum Gasteiger partial charge on any atom is 0.0390 e. The predicted octanol–water partition coefficient (Wildman–Crippen LogP) is 9.17. The SMILES string of the molecule is Nc1ccc(-c2ccc(Nc3ccc4ccccc4c3)cc2-c2ccc(-c3ccccc3)cc2)cc1. The Kier molecular flexibility index (Phi) is 5.69. The largest absolute Gasteiger partial charge is 0.399 e. The molecule has 6 aromatic carbocycles. The number of nitrogens with two attached hydrogens (primary N) is 1. The molecule has 0 unspecified atom stereocenters. The molecule has 0 aliphatic heterocycles. The molecule has 36 heavy (non-hydrogen) atoms. The molecule has 2 heteroatoms. The van der Waals surface area contributed by atoms with Crippen molar-refractivity contribution < 1.29 is 0 Å². The Morgan fingerprint density at radius 3 is 1.72 bits per heavy atom. The molecule has 0 spiro atoms. The lowest BCUT2D eigenvalue weighted by Crippen LogP contribution is -1.93. The Bertz CT molecular complexity index is 1630. The van der Waals surface area contributed by atoms with Gasteiger partial charge in [-0.25, -0.2) is 0 Å². The highest BCUT2D eigenvalue weighted by atomic mass is 14.9. The molecule has 3 N–H and O–H groups in total. The fourth-order valence-electron chi connectivity index (χ4n) is 4.68. The van der Waals surface area contributed by atoms with Gasteiger partial charge in [0.2, 0.25) is 0 Å². The summed E-state index contributed by atoms with van der Waals surface area (Å²) in [5.74, 6) is 0. The van der Waals surface area contributed by atoms with E-state index in [0.717, 1.165) is 22.6 Å². The Morgan fingerprint density at radius 2 is 0.944 bits per heavy atom. The van der Waals surface area contributed by atoms with Gasteiger partial charge in [0, 0.05) is 17.1 Å². The molecule has 0 atom stereocenters. The molecule has 0 amide bonds. The van der Waals surface area contributed by atoms with Crippen molar-refractivity contribution in [1.82, 2.24) is 0 Å². The van der Waals surface area contributed by atoms with Gasteiger partial charge in [0.1, 0.15) is 0 Å². The summed E-state index contributed by atoms with van der Waals surface area (Å²) in [5, 5.41) is 6.07. The molecule has 0 saturated heterocycles. The summed E-state index contributed by atoms with van der Waals surface area (Å²) in [6.07, 6.45) is 0. The van der Waals surface area contributed by atoms with Gasteiger partial charge in [0.05, 0.1) is 0 Å². The summed E-state index contributed by atoms with van der Waals surface area (Å²) in [6, 6.07) is 48.8. The Labute approximate surface area is 211 Å². The van der Waals surface area contributed by atoms with E-state index in [-0.39, 0.29) is 0 Å². The van der Waals surface area contributed by atoms with Crippen molar-refractivity contribution >= 4 is 27.8 Å². The molecule has 0 heterocycles. The van der Waals surface area contributed by atoms with Crippen molar-refractivity contribution in [1.29, 1.82) is 0 Å². The summed E-state index contributed by atoms with van der Waals surface area (Å²) < 4.78 is 0. The van der Waals surface area contributed by atoms with Crippen LogP contribution in [0.2, 0.25) is 0 Å². The van der Waals surface area contributed by atoms with Crippen molar-refractivity contribution in [2.45, 2.75) is 0 Å². The minimum absolute atomic E-state index is 0.766. The zero-order valence-corrected chi connectivity index (χ0v) is 19.9. The second-order valence-corrected chi connectivity index (χ2v) is 9.01. The van der Waals surface area contributed by atoms with Gasteiger partial charge in [-0.3, -0.25) is 0 Å². The number of anilines is 3. The van der Waals surface area contributed by atoms with E-state index in [2.05, 4.69) is 127 Å². The van der Waals surface area contributed by atoms with Crippen molar-refractivity contribution in [3.63, 3.8) is 0 Å². The van der Waals surface area contributed by atoms with Crippen LogP contribution in [-0.2, 0) is 0 Å². The van der Waals surface area contributed by atoms with Crippen LogP contribution in [0.5, 0.6) is 0 Å². The molecule has 6 rings (SSSR count). The zero-order chi connectivity index (χ0) is 24.3. The van der Waals surface area contributed by atoms with Crippen LogP contribution in [0.25, 0.3) is 44.2 Å². The highest BCUT2D eigenvalue weighted by Gasteiger charge is 2.10. The summed E-state index contributed by atoms with van der Waals surface area (Å²) >= 11 is 0. The number of fused-ring (bicyclic) bond motifs is 1. The predicted molar refractivity (Wildman–Crippen MR) is 154 cm³/mol. The molecule has 172 valence electrons. The smallest absolute Gasteiger partial charge is 0.0390 e. The maximum absolute atomic E-state index is 5.97. The van der Waals surface area contributed by atoms with Gasteiger partial charge in [-0.2, -0.15) is 0 Å². The molecule has 0 fully saturated rings. The maximum atomic E-state index is 5.97. The van der Waals surface area contributed by atoms with E-state index in [4.69, 9.17) is 5.73 Å². The molecule has 0 aliphatic rings. The highest BCUT2D eigenvalue weighted by molar-refractivity contribution is 5.89. The van der Waals surface area contributed by atoms with Crippen molar-refractivity contribution in [2.24, 2.45) is 0 Å². The minimum Gasteiger partial charge on any atom is -0.399 e. The first-order valence-electron chi connectivity index (χ1n) is 12.1. The average molecular weight is 463 g/mol. The van der Waals surface area contributed by atoms with E-state index in [0.29, 0.717) is 0 Å². The zero-order valence-electron chi connectivity index (χ0n) is 19.9. The summed E-state index contributed by atoms with van der Waals surface area (Å²) in [6.45, 7) is 0. The third kappa shape index (κ3) is 4.45. The lowest BCUT2D eigenvalue weighted by Gasteiger charge is -2.15. The van der Waals surface area contributed by atoms with Crippen LogP contribution in [0.15, 0.2) is 140 Å². The summed E-state index contributed by atoms with van der Waals surface area (Å²) in [7, 11) is 0. The fourth-order valence-corrected chi connectivity index (χ4v) is 4.68. The van der Waals surface area contributed by atoms with Gasteiger partial charge in [0.25, 0.3) is 0 Å². The molecule has 2 nitrogen and oxygen atoms in total. The third-order valence-electron chi connectivity index (χ3n) is 6.58. The van der Waals surface area contributed by atoms with Gasteiger partial charge in [-0.15, -0.1) is 0 Å². The molecule has 0 bridgehead atoms. The second kappa shape index (κ2) is 9.44. The standard InChI is InChI=1S/C34H26N2/c35-30-17-14-27(15-18-30)33-21-20-32(36-31-19-16-25-8-4-5-9-29(25)22-31)23-34(33)28-12-10-26(11-13-28)24-6-2-1-3-7-24/h1-23,36H,35H2. The van der Waals surface area contributed by atoms with Crippen LogP contribution < -0.4 is 11.1 Å². The van der Waals surface area contributed by atoms with Crippen LogP contribution in [-0.4, -0.2) is 0 Å². The van der Waals surface area contributed by atoms with Crippen molar-refractivity contribution in [3.8, 4) is 33.4 Å². The van der Waals surface area contributed by atoms with E-state index in [1.165, 1.54) is 38.6 Å². The van der Waals surface area contributed by atoms with E-state index < -0.39 is 0 Å². The summed E-state index contributed by atoms with van der Waals surface area (Å²) in [4.78, 5) is 0. The van der Waals surface area contributed by atoms with Crippen LogP contribution in [0, 0.1) is 0 Å². The quantitative estimate of drug-likeness (QED) is 0.251. The number of benzene rings is 6. The first kappa shape index (κ1) is 21.7. The van der Waals surface area contributed by atoms with E-state index in [1.807, 2.05) is 18.2 Å². The molecule has 0 aromatic heterocycles. The number of nitrogens with one attached hydrogen (secondary N) is 1. The molecule has 0 aliphatic carbocycles. The fraction of sp³-hybridized carbons (Fsp3) is 0. The van der Waals surface area contributed by atoms with Gasteiger partial charge < -0.3 is 11.1 Å². The van der Waals surface area contributed by atoms with E-state index in [1.54, 1.807) is 0 Å². The van der Waals surface area contributed by atoms with E-state index in [9.17, 15) is 0 Å². The molecule has 0 radical (unpaired) electrons. The molecule has 0 saturated carbocycles. The van der Waals surface area contributed by atoms with Crippen molar-refractivity contribution in [2.75, 3.05) is 11.1 Å². The van der Waals surface area contributed by atoms with Crippen LogP contribution in [0.4, 0.5) is 17.1 Å². The summed E-state index contributed by atoms with van der Waals surface area (Å²) in [5.41, 5.74) is 15.9. The minimum atomic E-state index is 0.766. The van der Waals surface area contributed by atoms with Gasteiger partial charge in [0.15, 0.2) is 0 Å². The molecule has 6 aromatic rings. The van der Waals surface area contributed by atoms with E-state index >= 15 is 0 Å². The van der Waals surface area contributed by atoms with Crippen molar-refractivity contribution in [3.05, 3.63) is 140 Å². The van der Waals surface area contributed by atoms with Gasteiger partial charge in [-0.1, -0.05) is 103 Å². The Balaban J connectivity index is 1.40. The third-order valence-corrected chi connectivity index (χ3v) is 6.58. The monoisotopic (exact) mass is 462 g/mol. The molecular formula is C34H26N2. The Morgan fingerprint density at radius 1 is 0.389 bits per heavy atom. The van der Waals surface area contributed by atoms with Crippen LogP contribution in [0.3, 0.4) is 0 Å². The van der Waals surface area contributed by atoms with Crippen LogP contribution in [0.1, 0.15) is 0 Å². The van der Waals surface area contributed by atoms with Gasteiger partial charge >= 0.3 is 0 Å². The highest BCUT2D eigenvalue weighted by Crippen LogP contribution is 2.36. The number of hydrogen-bond donors (Lipinski definition) is 2. The lowest BCUT2D eigenvalue weighted by molar-refractivity contribution is 1.53. The topological polar surface area (TPSA) is 38.0 Å². The average Bonchev–Trinajstić information content (AvgIpc) is 2.94. The second-order valence-electron chi connectivity index (χ2n) is 9.01. The van der Waals surface area contributed by atoms with Gasteiger partial charge in [-0.05, 0) is 80.6 Å². The lowest BCUT2D eigenvalue weighted by atomic mass is 9.92. The molecular weight excluding hydrogens is 436 g/mol.